The van der Waals surface area contributed by atoms with Crippen LogP contribution in [0.15, 0.2) is 59.6 Å². The van der Waals surface area contributed by atoms with Gasteiger partial charge in [-0.15, -0.1) is 0 Å². The molecule has 2 heterocycles. The standard InChI is InChI=1S/C25H31N3O6S/c1-32-21-10-6-19(7-11-21)16-27(17-20-8-12-22(33-2)13-9-20)35(30,31)24-15-26-28(23(24)18-29)25-5-3-4-14-34-25/h6-13,15,25,29H,3-5,14,16-18H2,1-2H3. The summed E-state index contributed by atoms with van der Waals surface area (Å²) in [5, 5.41) is 14.4. The van der Waals surface area contributed by atoms with E-state index in [1.807, 2.05) is 24.3 Å². The van der Waals surface area contributed by atoms with E-state index >= 15 is 0 Å². The molecule has 1 unspecified atom stereocenters. The molecule has 188 valence electrons. The normalized spacial score (nSPS) is 16.4. The number of methoxy groups -OCH3 is 2. The summed E-state index contributed by atoms with van der Waals surface area (Å²) in [6.07, 6.45) is 3.56. The van der Waals surface area contributed by atoms with E-state index in [0.29, 0.717) is 18.1 Å². The smallest absolute Gasteiger partial charge is 0.247 e. The van der Waals surface area contributed by atoms with Crippen molar-refractivity contribution in [3.8, 4) is 11.5 Å². The van der Waals surface area contributed by atoms with E-state index in [-0.39, 0.29) is 29.9 Å². The molecule has 0 amide bonds. The second-order valence-corrected chi connectivity index (χ2v) is 10.3. The van der Waals surface area contributed by atoms with Crippen molar-refractivity contribution in [2.75, 3.05) is 20.8 Å². The molecule has 0 radical (unpaired) electrons. The molecule has 1 aliphatic heterocycles. The molecule has 2 aromatic carbocycles. The van der Waals surface area contributed by atoms with Crippen molar-refractivity contribution in [3.05, 3.63) is 71.5 Å². The van der Waals surface area contributed by atoms with Crippen molar-refractivity contribution in [1.82, 2.24) is 14.1 Å². The Hall–Kier alpha value is -2.92. The average molecular weight is 502 g/mol. The first-order chi connectivity index (χ1) is 17.0. The summed E-state index contributed by atoms with van der Waals surface area (Å²) in [6, 6.07) is 14.5. The molecule has 0 bridgehead atoms. The number of sulfonamides is 1. The first-order valence-electron chi connectivity index (χ1n) is 11.5. The molecular weight excluding hydrogens is 470 g/mol. The van der Waals surface area contributed by atoms with Gasteiger partial charge in [0.2, 0.25) is 10.0 Å². The molecule has 1 fully saturated rings. The largest absolute Gasteiger partial charge is 0.497 e. The van der Waals surface area contributed by atoms with Crippen LogP contribution in [0, 0.1) is 0 Å². The van der Waals surface area contributed by atoms with E-state index in [0.717, 1.165) is 30.4 Å². The fourth-order valence-corrected chi connectivity index (χ4v) is 5.69. The number of rotatable bonds is 10. The molecule has 1 aliphatic rings. The fourth-order valence-electron chi connectivity index (χ4n) is 4.14. The summed E-state index contributed by atoms with van der Waals surface area (Å²) in [5.41, 5.74) is 1.83. The molecule has 4 rings (SSSR count). The molecule has 35 heavy (non-hydrogen) atoms. The Kier molecular flexibility index (Phi) is 8.07. The Morgan fingerprint density at radius 2 is 1.57 bits per heavy atom. The SMILES string of the molecule is COc1ccc(CN(Cc2ccc(OC)cc2)S(=O)(=O)c2cnn(C3CCCCO3)c2CO)cc1. The molecule has 3 aromatic rings. The van der Waals surface area contributed by atoms with Crippen LogP contribution < -0.4 is 9.47 Å². The number of nitrogens with zero attached hydrogens (tertiary/aromatic N) is 3. The van der Waals surface area contributed by atoms with Crippen molar-refractivity contribution in [3.63, 3.8) is 0 Å². The topological polar surface area (TPSA) is 103 Å². The van der Waals surface area contributed by atoms with Gasteiger partial charge in [-0.2, -0.15) is 9.40 Å². The fraction of sp³-hybridized carbons (Fsp3) is 0.400. The number of hydrogen-bond acceptors (Lipinski definition) is 7. The number of benzene rings is 2. The lowest BCUT2D eigenvalue weighted by Gasteiger charge is -2.25. The summed E-state index contributed by atoms with van der Waals surface area (Å²) in [5.74, 6) is 1.38. The Bertz CT molecular complexity index is 1150. The quantitative estimate of drug-likeness (QED) is 0.454. The van der Waals surface area contributed by atoms with Gasteiger partial charge in [0, 0.05) is 19.7 Å². The zero-order valence-electron chi connectivity index (χ0n) is 20.0. The van der Waals surface area contributed by atoms with Crippen LogP contribution >= 0.6 is 0 Å². The van der Waals surface area contributed by atoms with E-state index in [2.05, 4.69) is 5.10 Å². The van der Waals surface area contributed by atoms with Crippen LogP contribution in [-0.4, -0.2) is 48.4 Å². The highest BCUT2D eigenvalue weighted by atomic mass is 32.2. The van der Waals surface area contributed by atoms with Crippen LogP contribution in [0.25, 0.3) is 0 Å². The van der Waals surface area contributed by atoms with Gasteiger partial charge in [-0.25, -0.2) is 13.1 Å². The summed E-state index contributed by atoms with van der Waals surface area (Å²) in [7, 11) is -0.852. The van der Waals surface area contributed by atoms with Crippen LogP contribution in [0.4, 0.5) is 0 Å². The predicted octanol–water partition coefficient (Wildman–Crippen LogP) is 3.48. The Morgan fingerprint density at radius 3 is 2.03 bits per heavy atom. The predicted molar refractivity (Wildman–Crippen MR) is 129 cm³/mol. The van der Waals surface area contributed by atoms with Gasteiger partial charge < -0.3 is 19.3 Å². The van der Waals surface area contributed by atoms with Gasteiger partial charge in [0.25, 0.3) is 0 Å². The number of aromatic nitrogens is 2. The monoisotopic (exact) mass is 501 g/mol. The third-order valence-electron chi connectivity index (χ3n) is 6.09. The van der Waals surface area contributed by atoms with E-state index in [4.69, 9.17) is 14.2 Å². The van der Waals surface area contributed by atoms with Crippen molar-refractivity contribution < 1.29 is 27.7 Å². The Morgan fingerprint density at radius 1 is 1.00 bits per heavy atom. The number of hydrogen-bond donors (Lipinski definition) is 1. The zero-order valence-corrected chi connectivity index (χ0v) is 20.8. The summed E-state index contributed by atoms with van der Waals surface area (Å²) in [6.45, 7) is 0.383. The summed E-state index contributed by atoms with van der Waals surface area (Å²) >= 11 is 0. The first kappa shape index (κ1) is 25.2. The lowest BCUT2D eigenvalue weighted by atomic mass is 10.2. The van der Waals surface area contributed by atoms with Crippen LogP contribution in [0.1, 0.15) is 42.3 Å². The highest BCUT2D eigenvalue weighted by Gasteiger charge is 2.32. The van der Waals surface area contributed by atoms with Crippen LogP contribution in [0.2, 0.25) is 0 Å². The third-order valence-corrected chi connectivity index (χ3v) is 7.93. The van der Waals surface area contributed by atoms with Crippen LogP contribution in [0.5, 0.6) is 11.5 Å². The highest BCUT2D eigenvalue weighted by Crippen LogP contribution is 2.30. The van der Waals surface area contributed by atoms with Crippen LogP contribution in [-0.2, 0) is 34.5 Å². The lowest BCUT2D eigenvalue weighted by Crippen LogP contribution is -2.31. The second kappa shape index (κ2) is 11.2. The van der Waals surface area contributed by atoms with Crippen molar-refractivity contribution >= 4 is 10.0 Å². The first-order valence-corrected chi connectivity index (χ1v) is 12.9. The van der Waals surface area contributed by atoms with Crippen LogP contribution in [0.3, 0.4) is 0 Å². The number of aliphatic hydroxyl groups excluding tert-OH is 1. The van der Waals surface area contributed by atoms with Gasteiger partial charge in [0.1, 0.15) is 16.4 Å². The molecule has 1 saturated heterocycles. The average Bonchev–Trinajstić information content (AvgIpc) is 3.35. The van der Waals surface area contributed by atoms with E-state index in [1.165, 1.54) is 15.2 Å². The maximum atomic E-state index is 13.9. The van der Waals surface area contributed by atoms with E-state index in [9.17, 15) is 13.5 Å². The Balaban J connectivity index is 1.69. The molecule has 1 N–H and O–H groups in total. The number of ether oxygens (including phenoxy) is 3. The third kappa shape index (κ3) is 5.67. The minimum atomic E-state index is -4.02. The van der Waals surface area contributed by atoms with Crippen molar-refractivity contribution in [1.29, 1.82) is 0 Å². The molecule has 1 aromatic heterocycles. The zero-order chi connectivity index (χ0) is 24.8. The summed E-state index contributed by atoms with van der Waals surface area (Å²) < 4.78 is 47.0. The molecular formula is C25H31N3O6S. The van der Waals surface area contributed by atoms with Gasteiger partial charge in [-0.1, -0.05) is 24.3 Å². The molecule has 9 nitrogen and oxygen atoms in total. The van der Waals surface area contributed by atoms with Gasteiger partial charge in [-0.05, 0) is 54.7 Å². The highest BCUT2D eigenvalue weighted by molar-refractivity contribution is 7.89. The van der Waals surface area contributed by atoms with E-state index in [1.54, 1.807) is 38.5 Å². The minimum absolute atomic E-state index is 0.0174. The lowest BCUT2D eigenvalue weighted by molar-refractivity contribution is -0.0429. The molecule has 0 saturated carbocycles. The Labute approximate surface area is 205 Å². The molecule has 0 spiro atoms. The van der Waals surface area contributed by atoms with Gasteiger partial charge in [0.15, 0.2) is 6.23 Å². The minimum Gasteiger partial charge on any atom is -0.497 e. The van der Waals surface area contributed by atoms with Gasteiger partial charge >= 0.3 is 0 Å². The maximum absolute atomic E-state index is 13.9. The van der Waals surface area contributed by atoms with Gasteiger partial charge in [0.05, 0.1) is 32.7 Å². The number of aliphatic hydroxyl groups is 1. The van der Waals surface area contributed by atoms with Crippen molar-refractivity contribution in [2.45, 2.75) is 50.1 Å². The second-order valence-electron chi connectivity index (χ2n) is 8.35. The maximum Gasteiger partial charge on any atom is 0.247 e. The molecule has 10 heteroatoms. The van der Waals surface area contributed by atoms with Gasteiger partial charge in [-0.3, -0.25) is 0 Å². The summed E-state index contributed by atoms with van der Waals surface area (Å²) in [4.78, 5) is -0.0174. The van der Waals surface area contributed by atoms with Crippen molar-refractivity contribution in [2.24, 2.45) is 0 Å². The molecule has 1 atom stereocenters. The van der Waals surface area contributed by atoms with E-state index < -0.39 is 16.6 Å². The molecule has 0 aliphatic carbocycles.